The van der Waals surface area contributed by atoms with E-state index in [4.69, 9.17) is 16.6 Å². The first-order valence-electron chi connectivity index (χ1n) is 3.97. The van der Waals surface area contributed by atoms with Crippen LogP contribution in [0.15, 0.2) is 12.1 Å². The van der Waals surface area contributed by atoms with Gasteiger partial charge in [-0.05, 0) is 24.6 Å². The highest BCUT2D eigenvalue weighted by atomic mass is 19.1. The van der Waals surface area contributed by atoms with Crippen LogP contribution in [0.5, 0.6) is 0 Å². The summed E-state index contributed by atoms with van der Waals surface area (Å²) in [6.45, 7) is 1.66. The number of aliphatic carboxylic acids is 1. The normalized spacial score (nSPS) is 12.5. The minimum absolute atomic E-state index is 0.0517. The van der Waals surface area contributed by atoms with Crippen molar-refractivity contribution in [2.24, 2.45) is 5.73 Å². The van der Waals surface area contributed by atoms with Gasteiger partial charge in [0.15, 0.2) is 0 Å². The molecule has 0 bridgehead atoms. The van der Waals surface area contributed by atoms with Crippen molar-refractivity contribution in [3.8, 4) is 0 Å². The second-order valence-corrected chi connectivity index (χ2v) is 3.05. The molecule has 5 heteroatoms. The van der Waals surface area contributed by atoms with E-state index in [0.717, 1.165) is 6.07 Å². The maximum atomic E-state index is 13.2. The van der Waals surface area contributed by atoms with E-state index >= 15 is 0 Å². The standard InChI is InChI=1S/C9H11FN2O2/c1-4-2-5(8(12)9(13)14)6(10)3-7(4)11/h2-3,8H,11-12H2,1H3,(H,13,14). The summed E-state index contributed by atoms with van der Waals surface area (Å²) in [4.78, 5) is 10.5. The fourth-order valence-corrected chi connectivity index (χ4v) is 1.09. The first-order valence-corrected chi connectivity index (χ1v) is 3.97. The highest BCUT2D eigenvalue weighted by Gasteiger charge is 2.19. The van der Waals surface area contributed by atoms with Crippen molar-refractivity contribution in [1.82, 2.24) is 0 Å². The second kappa shape index (κ2) is 3.63. The number of carbonyl (C=O) groups is 1. The van der Waals surface area contributed by atoms with Crippen molar-refractivity contribution < 1.29 is 14.3 Å². The molecule has 76 valence electrons. The van der Waals surface area contributed by atoms with Crippen molar-refractivity contribution in [2.45, 2.75) is 13.0 Å². The number of aryl methyl sites for hydroxylation is 1. The number of benzene rings is 1. The highest BCUT2D eigenvalue weighted by Crippen LogP contribution is 2.21. The second-order valence-electron chi connectivity index (χ2n) is 3.05. The number of anilines is 1. The van der Waals surface area contributed by atoms with Crippen LogP contribution in [0.4, 0.5) is 10.1 Å². The number of hydrogen-bond acceptors (Lipinski definition) is 3. The average molecular weight is 198 g/mol. The predicted molar refractivity (Wildman–Crippen MR) is 50.1 cm³/mol. The Labute approximate surface area is 80.3 Å². The third-order valence-corrected chi connectivity index (χ3v) is 1.99. The number of hydrogen-bond donors (Lipinski definition) is 3. The van der Waals surface area contributed by atoms with Gasteiger partial charge in [-0.3, -0.25) is 4.79 Å². The molecule has 1 unspecified atom stereocenters. The molecule has 0 radical (unpaired) electrons. The van der Waals surface area contributed by atoms with E-state index in [1.165, 1.54) is 6.07 Å². The minimum atomic E-state index is -1.35. The van der Waals surface area contributed by atoms with Crippen LogP contribution in [0, 0.1) is 12.7 Å². The molecule has 4 nitrogen and oxygen atoms in total. The molecule has 0 fully saturated rings. The molecule has 5 N–H and O–H groups in total. The van der Waals surface area contributed by atoms with Gasteiger partial charge in [0.1, 0.15) is 11.9 Å². The lowest BCUT2D eigenvalue weighted by Gasteiger charge is -2.10. The number of carboxylic acid groups (broad SMARTS) is 1. The van der Waals surface area contributed by atoms with Crippen LogP contribution in [0.3, 0.4) is 0 Å². The molecule has 14 heavy (non-hydrogen) atoms. The molecule has 1 atom stereocenters. The summed E-state index contributed by atoms with van der Waals surface area (Å²) in [7, 11) is 0. The monoisotopic (exact) mass is 198 g/mol. The molecule has 0 amide bonds. The van der Waals surface area contributed by atoms with Crippen molar-refractivity contribution in [1.29, 1.82) is 0 Å². The Morgan fingerprint density at radius 3 is 2.64 bits per heavy atom. The van der Waals surface area contributed by atoms with Crippen LogP contribution in [0.1, 0.15) is 17.2 Å². The number of rotatable bonds is 2. The molecule has 0 aliphatic carbocycles. The zero-order valence-corrected chi connectivity index (χ0v) is 7.62. The van der Waals surface area contributed by atoms with Gasteiger partial charge in [-0.25, -0.2) is 4.39 Å². The SMILES string of the molecule is Cc1cc(C(N)C(=O)O)c(F)cc1N. The molecule has 0 saturated carbocycles. The highest BCUT2D eigenvalue weighted by molar-refractivity contribution is 5.75. The zero-order chi connectivity index (χ0) is 10.9. The van der Waals surface area contributed by atoms with Crippen LogP contribution < -0.4 is 11.5 Å². The van der Waals surface area contributed by atoms with Crippen LogP contribution in [-0.4, -0.2) is 11.1 Å². The van der Waals surface area contributed by atoms with Crippen molar-refractivity contribution in [2.75, 3.05) is 5.73 Å². The molecule has 1 aromatic carbocycles. The lowest BCUT2D eigenvalue weighted by molar-refractivity contribution is -0.138. The fraction of sp³-hybridized carbons (Fsp3) is 0.222. The quantitative estimate of drug-likeness (QED) is 0.613. The summed E-state index contributed by atoms with van der Waals surface area (Å²) >= 11 is 0. The Morgan fingerprint density at radius 1 is 1.57 bits per heavy atom. The molecule has 0 heterocycles. The topological polar surface area (TPSA) is 89.3 Å². The maximum Gasteiger partial charge on any atom is 0.325 e. The Kier molecular flexibility index (Phi) is 2.71. The van der Waals surface area contributed by atoms with E-state index in [0.29, 0.717) is 5.56 Å². The molecule has 1 aromatic rings. The van der Waals surface area contributed by atoms with E-state index in [-0.39, 0.29) is 11.3 Å². The summed E-state index contributed by atoms with van der Waals surface area (Å²) in [5.41, 5.74) is 11.6. The van der Waals surface area contributed by atoms with E-state index in [1.807, 2.05) is 0 Å². The summed E-state index contributed by atoms with van der Waals surface area (Å²) in [6.07, 6.45) is 0. The largest absolute Gasteiger partial charge is 0.480 e. The molecule has 0 aliphatic heterocycles. The number of nitrogen functional groups attached to an aromatic ring is 1. The van der Waals surface area contributed by atoms with Crippen LogP contribution >= 0.6 is 0 Å². The Morgan fingerprint density at radius 2 is 2.14 bits per heavy atom. The predicted octanol–water partition coefficient (Wildman–Crippen LogP) is 0.801. The lowest BCUT2D eigenvalue weighted by atomic mass is 10.0. The molecule has 1 rings (SSSR count). The van der Waals surface area contributed by atoms with Crippen molar-refractivity contribution >= 4 is 11.7 Å². The Balaban J connectivity index is 3.22. The van der Waals surface area contributed by atoms with E-state index < -0.39 is 17.8 Å². The van der Waals surface area contributed by atoms with Gasteiger partial charge >= 0.3 is 5.97 Å². The summed E-state index contributed by atoms with van der Waals surface area (Å²) < 4.78 is 13.2. The lowest BCUT2D eigenvalue weighted by Crippen LogP contribution is -2.22. The third kappa shape index (κ3) is 1.82. The van der Waals surface area contributed by atoms with Crippen molar-refractivity contribution in [3.05, 3.63) is 29.1 Å². The van der Waals surface area contributed by atoms with E-state index in [9.17, 15) is 9.18 Å². The van der Waals surface area contributed by atoms with E-state index in [1.54, 1.807) is 6.92 Å². The Bertz CT molecular complexity index is 379. The molecule has 0 saturated heterocycles. The van der Waals surface area contributed by atoms with Gasteiger partial charge in [0.25, 0.3) is 0 Å². The van der Waals surface area contributed by atoms with E-state index in [2.05, 4.69) is 0 Å². The summed E-state index contributed by atoms with van der Waals surface area (Å²) in [6, 6.07) is 1.08. The molecular weight excluding hydrogens is 187 g/mol. The number of nitrogens with two attached hydrogens (primary N) is 2. The van der Waals surface area contributed by atoms with Crippen molar-refractivity contribution in [3.63, 3.8) is 0 Å². The fourth-order valence-electron chi connectivity index (χ4n) is 1.09. The summed E-state index contributed by atoms with van der Waals surface area (Å²) in [5.74, 6) is -1.96. The third-order valence-electron chi connectivity index (χ3n) is 1.99. The van der Waals surface area contributed by atoms with Gasteiger partial charge in [0.2, 0.25) is 0 Å². The van der Waals surface area contributed by atoms with Crippen LogP contribution in [-0.2, 0) is 4.79 Å². The molecule has 0 spiro atoms. The molecule has 0 aromatic heterocycles. The van der Waals surface area contributed by atoms with Gasteiger partial charge in [-0.15, -0.1) is 0 Å². The zero-order valence-electron chi connectivity index (χ0n) is 7.62. The maximum absolute atomic E-state index is 13.2. The van der Waals surface area contributed by atoms with Gasteiger partial charge in [0, 0.05) is 11.3 Å². The molecular formula is C9H11FN2O2. The van der Waals surface area contributed by atoms with Gasteiger partial charge in [0.05, 0.1) is 0 Å². The average Bonchev–Trinajstić information content (AvgIpc) is 2.10. The molecule has 0 aliphatic rings. The minimum Gasteiger partial charge on any atom is -0.480 e. The summed E-state index contributed by atoms with van der Waals surface area (Å²) in [5, 5.41) is 8.60. The Hall–Kier alpha value is -1.62. The van der Waals surface area contributed by atoms with Crippen LogP contribution in [0.2, 0.25) is 0 Å². The van der Waals surface area contributed by atoms with Gasteiger partial charge in [-0.1, -0.05) is 0 Å². The number of halogens is 1. The number of carboxylic acids is 1. The van der Waals surface area contributed by atoms with Crippen LogP contribution in [0.25, 0.3) is 0 Å². The van der Waals surface area contributed by atoms with Gasteiger partial charge in [-0.2, -0.15) is 0 Å². The smallest absolute Gasteiger partial charge is 0.325 e. The first-order chi connectivity index (χ1) is 6.43. The first kappa shape index (κ1) is 10.5. The van der Waals surface area contributed by atoms with Gasteiger partial charge < -0.3 is 16.6 Å².